The van der Waals surface area contributed by atoms with Crippen LogP contribution >= 0.6 is 0 Å². The standard InChI is InChI=1S/C16H24N4O/c1-13(2)16-18-17-15(19(16)3)12-20(9-10-21)11-14-7-5-4-6-8-14/h4-8,13,21H,9-12H2,1-3H3. The minimum absolute atomic E-state index is 0.141. The third-order valence-corrected chi connectivity index (χ3v) is 3.55. The lowest BCUT2D eigenvalue weighted by atomic mass is 10.2. The maximum Gasteiger partial charge on any atom is 0.146 e. The lowest BCUT2D eigenvalue weighted by Gasteiger charge is -2.21. The SMILES string of the molecule is CC(C)c1nnc(CN(CCO)Cc2ccccc2)n1C. The summed E-state index contributed by atoms with van der Waals surface area (Å²) >= 11 is 0. The quantitative estimate of drug-likeness (QED) is 0.846. The predicted molar refractivity (Wildman–Crippen MR) is 82.7 cm³/mol. The average molecular weight is 288 g/mol. The van der Waals surface area contributed by atoms with Crippen LogP contribution in [0.15, 0.2) is 30.3 Å². The highest BCUT2D eigenvalue weighted by Crippen LogP contribution is 2.14. The Balaban J connectivity index is 2.09. The fourth-order valence-electron chi connectivity index (χ4n) is 2.41. The zero-order valence-electron chi connectivity index (χ0n) is 13.0. The van der Waals surface area contributed by atoms with E-state index in [4.69, 9.17) is 0 Å². The average Bonchev–Trinajstić information content (AvgIpc) is 2.82. The van der Waals surface area contributed by atoms with Gasteiger partial charge in [0.05, 0.1) is 13.2 Å². The van der Waals surface area contributed by atoms with Crippen molar-refractivity contribution in [3.05, 3.63) is 47.5 Å². The number of nitrogens with zero attached hydrogens (tertiary/aromatic N) is 4. The van der Waals surface area contributed by atoms with Crippen molar-refractivity contribution in [1.29, 1.82) is 0 Å². The van der Waals surface area contributed by atoms with E-state index < -0.39 is 0 Å². The van der Waals surface area contributed by atoms with Crippen molar-refractivity contribution < 1.29 is 5.11 Å². The molecule has 0 bridgehead atoms. The van der Waals surface area contributed by atoms with E-state index in [1.54, 1.807) is 0 Å². The zero-order chi connectivity index (χ0) is 15.2. The molecular formula is C16H24N4O. The topological polar surface area (TPSA) is 54.2 Å². The van der Waals surface area contributed by atoms with E-state index in [0.717, 1.165) is 18.2 Å². The van der Waals surface area contributed by atoms with Gasteiger partial charge in [-0.2, -0.15) is 0 Å². The maximum absolute atomic E-state index is 9.27. The molecule has 0 aliphatic heterocycles. The van der Waals surface area contributed by atoms with Gasteiger partial charge in [0.2, 0.25) is 0 Å². The molecule has 21 heavy (non-hydrogen) atoms. The first-order valence-corrected chi connectivity index (χ1v) is 7.37. The summed E-state index contributed by atoms with van der Waals surface area (Å²) in [5.74, 6) is 2.29. The molecule has 5 heteroatoms. The van der Waals surface area contributed by atoms with Gasteiger partial charge in [-0.25, -0.2) is 0 Å². The van der Waals surface area contributed by atoms with E-state index in [-0.39, 0.29) is 6.61 Å². The van der Waals surface area contributed by atoms with Crippen molar-refractivity contribution in [3.63, 3.8) is 0 Å². The summed E-state index contributed by atoms with van der Waals surface area (Å²) in [5.41, 5.74) is 1.23. The second kappa shape index (κ2) is 7.33. The van der Waals surface area contributed by atoms with E-state index in [1.807, 2.05) is 25.2 Å². The van der Waals surface area contributed by atoms with E-state index in [1.165, 1.54) is 5.56 Å². The van der Waals surface area contributed by atoms with Crippen molar-refractivity contribution in [2.24, 2.45) is 7.05 Å². The van der Waals surface area contributed by atoms with Crippen LogP contribution in [0, 0.1) is 0 Å². The first-order valence-electron chi connectivity index (χ1n) is 7.37. The molecule has 0 unspecified atom stereocenters. The van der Waals surface area contributed by atoms with Crippen molar-refractivity contribution in [2.45, 2.75) is 32.9 Å². The van der Waals surface area contributed by atoms with Crippen molar-refractivity contribution in [2.75, 3.05) is 13.2 Å². The highest BCUT2D eigenvalue weighted by Gasteiger charge is 2.15. The maximum atomic E-state index is 9.27. The molecule has 2 aromatic rings. The van der Waals surface area contributed by atoms with Gasteiger partial charge in [-0.3, -0.25) is 4.90 Å². The Bertz CT molecular complexity index is 551. The highest BCUT2D eigenvalue weighted by atomic mass is 16.3. The van der Waals surface area contributed by atoms with E-state index >= 15 is 0 Å². The van der Waals surface area contributed by atoms with Gasteiger partial charge < -0.3 is 9.67 Å². The number of hydrogen-bond acceptors (Lipinski definition) is 4. The summed E-state index contributed by atoms with van der Waals surface area (Å²) in [5, 5.41) is 17.8. The van der Waals surface area contributed by atoms with Gasteiger partial charge in [0.15, 0.2) is 0 Å². The van der Waals surface area contributed by atoms with Crippen LogP contribution in [0.3, 0.4) is 0 Å². The minimum Gasteiger partial charge on any atom is -0.395 e. The molecule has 0 amide bonds. The minimum atomic E-state index is 0.141. The summed E-state index contributed by atoms with van der Waals surface area (Å²) in [4.78, 5) is 2.18. The number of aromatic nitrogens is 3. The largest absolute Gasteiger partial charge is 0.395 e. The number of rotatable bonds is 7. The Morgan fingerprint density at radius 3 is 2.43 bits per heavy atom. The first kappa shape index (κ1) is 15.7. The zero-order valence-corrected chi connectivity index (χ0v) is 13.0. The van der Waals surface area contributed by atoms with Crippen molar-refractivity contribution in [3.8, 4) is 0 Å². The second-order valence-corrected chi connectivity index (χ2v) is 5.61. The van der Waals surface area contributed by atoms with Crippen LogP contribution in [0.25, 0.3) is 0 Å². The smallest absolute Gasteiger partial charge is 0.146 e. The van der Waals surface area contributed by atoms with Crippen LogP contribution < -0.4 is 0 Å². The van der Waals surface area contributed by atoms with Gasteiger partial charge in [-0.05, 0) is 5.56 Å². The highest BCUT2D eigenvalue weighted by molar-refractivity contribution is 5.14. The molecular weight excluding hydrogens is 264 g/mol. The normalized spacial score (nSPS) is 11.5. The Hall–Kier alpha value is -1.72. The Morgan fingerprint density at radius 2 is 1.86 bits per heavy atom. The van der Waals surface area contributed by atoms with Crippen molar-refractivity contribution in [1.82, 2.24) is 19.7 Å². The predicted octanol–water partition coefficient (Wildman–Crippen LogP) is 1.93. The Labute approximate surface area is 126 Å². The lowest BCUT2D eigenvalue weighted by molar-refractivity contribution is 0.180. The van der Waals surface area contributed by atoms with Gasteiger partial charge in [-0.15, -0.1) is 10.2 Å². The van der Waals surface area contributed by atoms with E-state index in [9.17, 15) is 5.11 Å². The molecule has 0 saturated carbocycles. The number of aliphatic hydroxyl groups is 1. The van der Waals surface area contributed by atoms with Gasteiger partial charge in [0, 0.05) is 26.1 Å². The van der Waals surface area contributed by atoms with Gasteiger partial charge >= 0.3 is 0 Å². The van der Waals surface area contributed by atoms with Crippen LogP contribution in [0.2, 0.25) is 0 Å². The summed E-state index contributed by atoms with van der Waals surface area (Å²) in [6.07, 6.45) is 0. The molecule has 0 saturated heterocycles. The van der Waals surface area contributed by atoms with Crippen molar-refractivity contribution >= 4 is 0 Å². The molecule has 114 valence electrons. The molecule has 1 aromatic carbocycles. The van der Waals surface area contributed by atoms with Crippen LogP contribution in [0.1, 0.15) is 37.0 Å². The summed E-state index contributed by atoms with van der Waals surface area (Å²) in [6, 6.07) is 10.3. The fourth-order valence-corrected chi connectivity index (χ4v) is 2.41. The molecule has 0 atom stereocenters. The number of aliphatic hydroxyl groups excluding tert-OH is 1. The first-order chi connectivity index (χ1) is 10.1. The Kier molecular flexibility index (Phi) is 5.47. The van der Waals surface area contributed by atoms with Crippen LogP contribution in [0.4, 0.5) is 0 Å². The molecule has 0 spiro atoms. The van der Waals surface area contributed by atoms with Crippen LogP contribution in [-0.2, 0) is 20.1 Å². The second-order valence-electron chi connectivity index (χ2n) is 5.61. The van der Waals surface area contributed by atoms with Gasteiger partial charge in [-0.1, -0.05) is 44.2 Å². The molecule has 1 heterocycles. The summed E-state index contributed by atoms with van der Waals surface area (Å²) in [6.45, 7) is 6.48. The van der Waals surface area contributed by atoms with E-state index in [2.05, 4.69) is 45.6 Å². The summed E-state index contributed by atoms with van der Waals surface area (Å²) < 4.78 is 2.06. The molecule has 2 rings (SSSR count). The van der Waals surface area contributed by atoms with Gasteiger partial charge in [0.25, 0.3) is 0 Å². The fraction of sp³-hybridized carbons (Fsp3) is 0.500. The molecule has 0 radical (unpaired) electrons. The molecule has 0 aliphatic carbocycles. The molecule has 1 N–H and O–H groups in total. The van der Waals surface area contributed by atoms with Gasteiger partial charge in [0.1, 0.15) is 11.6 Å². The third-order valence-electron chi connectivity index (χ3n) is 3.55. The Morgan fingerprint density at radius 1 is 1.14 bits per heavy atom. The van der Waals surface area contributed by atoms with Crippen LogP contribution in [-0.4, -0.2) is 37.9 Å². The van der Waals surface area contributed by atoms with E-state index in [0.29, 0.717) is 19.0 Å². The lowest BCUT2D eigenvalue weighted by Crippen LogP contribution is -2.27. The third kappa shape index (κ3) is 4.12. The number of benzene rings is 1. The number of hydrogen-bond donors (Lipinski definition) is 1. The van der Waals surface area contributed by atoms with Crippen LogP contribution in [0.5, 0.6) is 0 Å². The molecule has 5 nitrogen and oxygen atoms in total. The summed E-state index contributed by atoms with van der Waals surface area (Å²) in [7, 11) is 2.00. The molecule has 0 aliphatic rings. The molecule has 0 fully saturated rings. The monoisotopic (exact) mass is 288 g/mol. The molecule has 1 aromatic heterocycles.